The Morgan fingerprint density at radius 2 is 1.90 bits per heavy atom. The van der Waals surface area contributed by atoms with Crippen molar-refractivity contribution >= 4 is 11.6 Å². The lowest BCUT2D eigenvalue weighted by atomic mass is 9.81. The van der Waals surface area contributed by atoms with Gasteiger partial charge in [-0.15, -0.1) is 0 Å². The van der Waals surface area contributed by atoms with Crippen LogP contribution < -0.4 is 5.32 Å². The highest BCUT2D eigenvalue weighted by Crippen LogP contribution is 2.40. The topological polar surface area (TPSA) is 15.3 Å². The Labute approximate surface area is 130 Å². The fourth-order valence-corrected chi connectivity index (χ4v) is 3.94. The van der Waals surface area contributed by atoms with E-state index in [1.807, 2.05) is 6.07 Å². The minimum absolute atomic E-state index is 0.425. The zero-order chi connectivity index (χ0) is 14.2. The second kappa shape index (κ2) is 5.45. The summed E-state index contributed by atoms with van der Waals surface area (Å²) in [5.41, 5.74) is 4.26. The van der Waals surface area contributed by atoms with Crippen LogP contribution >= 0.6 is 11.6 Å². The Morgan fingerprint density at radius 3 is 2.76 bits per heavy atom. The van der Waals surface area contributed by atoms with Crippen LogP contribution in [-0.4, -0.2) is 31.1 Å². The number of nitrogens with one attached hydrogen (secondary N) is 1. The van der Waals surface area contributed by atoms with Crippen molar-refractivity contribution in [2.24, 2.45) is 0 Å². The predicted octanol–water partition coefficient (Wildman–Crippen LogP) is 3.43. The number of halogens is 1. The van der Waals surface area contributed by atoms with E-state index in [-0.39, 0.29) is 0 Å². The van der Waals surface area contributed by atoms with Gasteiger partial charge >= 0.3 is 0 Å². The molecule has 2 aliphatic rings. The summed E-state index contributed by atoms with van der Waals surface area (Å²) in [4.78, 5) is 2.62. The zero-order valence-electron chi connectivity index (χ0n) is 11.9. The summed E-state index contributed by atoms with van der Waals surface area (Å²) in [6.45, 7) is 4.35. The predicted molar refractivity (Wildman–Crippen MR) is 86.9 cm³/mol. The first kappa shape index (κ1) is 13.3. The first-order chi connectivity index (χ1) is 10.3. The van der Waals surface area contributed by atoms with Crippen molar-refractivity contribution in [2.45, 2.75) is 12.0 Å². The quantitative estimate of drug-likeness (QED) is 0.868. The third kappa shape index (κ3) is 2.38. The molecule has 0 aromatic heterocycles. The molecule has 2 aliphatic heterocycles. The molecule has 2 aromatic rings. The highest BCUT2D eigenvalue weighted by molar-refractivity contribution is 6.30. The lowest BCUT2D eigenvalue weighted by Gasteiger charge is -2.44. The average Bonchev–Trinajstić information content (AvgIpc) is 2.54. The highest BCUT2D eigenvalue weighted by Gasteiger charge is 2.34. The number of rotatable bonds is 1. The van der Waals surface area contributed by atoms with E-state index < -0.39 is 0 Å². The summed E-state index contributed by atoms with van der Waals surface area (Å²) in [6, 6.07) is 17.7. The molecule has 3 heteroatoms. The van der Waals surface area contributed by atoms with Gasteiger partial charge in [-0.25, -0.2) is 0 Å². The fraction of sp³-hybridized carbons (Fsp3) is 0.333. The zero-order valence-corrected chi connectivity index (χ0v) is 12.7. The monoisotopic (exact) mass is 298 g/mol. The molecule has 2 heterocycles. The van der Waals surface area contributed by atoms with E-state index in [2.05, 4.69) is 52.7 Å². The third-order valence-corrected chi connectivity index (χ3v) is 4.99. The molecule has 2 aromatic carbocycles. The van der Waals surface area contributed by atoms with E-state index in [1.165, 1.54) is 16.7 Å². The van der Waals surface area contributed by atoms with Crippen LogP contribution in [0.25, 0.3) is 0 Å². The van der Waals surface area contributed by atoms with Gasteiger partial charge in [-0.1, -0.05) is 48.0 Å². The van der Waals surface area contributed by atoms with Crippen molar-refractivity contribution < 1.29 is 0 Å². The Kier molecular flexibility index (Phi) is 3.46. The number of nitrogens with zero attached hydrogens (tertiary/aromatic N) is 1. The van der Waals surface area contributed by atoms with Gasteiger partial charge in [-0.3, -0.25) is 4.90 Å². The number of hydrogen-bond acceptors (Lipinski definition) is 2. The minimum atomic E-state index is 0.425. The maximum atomic E-state index is 6.20. The molecule has 21 heavy (non-hydrogen) atoms. The van der Waals surface area contributed by atoms with Crippen molar-refractivity contribution in [3.05, 3.63) is 70.2 Å². The van der Waals surface area contributed by atoms with Crippen LogP contribution in [0.1, 0.15) is 28.7 Å². The van der Waals surface area contributed by atoms with E-state index in [0.29, 0.717) is 12.0 Å². The summed E-state index contributed by atoms with van der Waals surface area (Å²) in [5, 5.41) is 4.35. The Bertz CT molecular complexity index is 655. The molecular formula is C18H19ClN2. The third-order valence-electron chi connectivity index (χ3n) is 4.75. The molecule has 4 rings (SSSR count). The molecule has 0 bridgehead atoms. The Morgan fingerprint density at radius 1 is 1.05 bits per heavy atom. The van der Waals surface area contributed by atoms with E-state index in [4.69, 9.17) is 11.6 Å². The van der Waals surface area contributed by atoms with Gasteiger partial charge in [0, 0.05) is 43.2 Å². The molecule has 108 valence electrons. The first-order valence-electron chi connectivity index (χ1n) is 7.62. The van der Waals surface area contributed by atoms with Crippen LogP contribution in [0.2, 0.25) is 5.02 Å². The molecule has 1 fully saturated rings. The lowest BCUT2D eigenvalue weighted by Crippen LogP contribution is -2.50. The molecule has 2 atom stereocenters. The highest BCUT2D eigenvalue weighted by atomic mass is 35.5. The van der Waals surface area contributed by atoms with Crippen LogP contribution in [0.4, 0.5) is 0 Å². The van der Waals surface area contributed by atoms with Gasteiger partial charge in [0.15, 0.2) is 0 Å². The molecule has 0 aliphatic carbocycles. The van der Waals surface area contributed by atoms with E-state index in [0.717, 1.165) is 31.2 Å². The van der Waals surface area contributed by atoms with Crippen LogP contribution in [0.5, 0.6) is 0 Å². The second-order valence-electron chi connectivity index (χ2n) is 5.95. The van der Waals surface area contributed by atoms with Crippen molar-refractivity contribution in [2.75, 3.05) is 26.2 Å². The normalized spacial score (nSPS) is 25.2. The lowest BCUT2D eigenvalue weighted by molar-refractivity contribution is 0.143. The first-order valence-corrected chi connectivity index (χ1v) is 8.00. The summed E-state index contributed by atoms with van der Waals surface area (Å²) >= 11 is 6.20. The van der Waals surface area contributed by atoms with Gasteiger partial charge in [0.1, 0.15) is 0 Å². The SMILES string of the molecule is Clc1cccc([C@@H]2CN3CCNC[C@@H]3c3ccccc32)c1. The molecule has 0 amide bonds. The molecule has 0 spiro atoms. The average molecular weight is 299 g/mol. The van der Waals surface area contributed by atoms with Crippen molar-refractivity contribution in [1.82, 2.24) is 10.2 Å². The Hall–Kier alpha value is -1.35. The minimum Gasteiger partial charge on any atom is -0.314 e. The van der Waals surface area contributed by atoms with Gasteiger partial charge in [0.05, 0.1) is 0 Å². The standard InChI is InChI=1S/C18H19ClN2/c19-14-5-3-4-13(10-14)17-12-21-9-8-20-11-18(21)16-7-2-1-6-15(16)17/h1-7,10,17-18,20H,8-9,11-12H2/t17-,18+/m0/s1. The number of hydrogen-bond donors (Lipinski definition) is 1. The molecule has 0 saturated carbocycles. The molecular weight excluding hydrogens is 280 g/mol. The summed E-state index contributed by atoms with van der Waals surface area (Å²) < 4.78 is 0. The molecule has 0 radical (unpaired) electrons. The van der Waals surface area contributed by atoms with Crippen LogP contribution in [-0.2, 0) is 0 Å². The van der Waals surface area contributed by atoms with Crippen molar-refractivity contribution in [3.8, 4) is 0 Å². The Balaban J connectivity index is 1.81. The van der Waals surface area contributed by atoms with Gasteiger partial charge in [-0.2, -0.15) is 0 Å². The summed E-state index contributed by atoms with van der Waals surface area (Å²) in [7, 11) is 0. The van der Waals surface area contributed by atoms with E-state index in [9.17, 15) is 0 Å². The summed E-state index contributed by atoms with van der Waals surface area (Å²) in [6.07, 6.45) is 0. The number of benzene rings is 2. The van der Waals surface area contributed by atoms with E-state index >= 15 is 0 Å². The number of piperazine rings is 1. The second-order valence-corrected chi connectivity index (χ2v) is 6.39. The summed E-state index contributed by atoms with van der Waals surface area (Å²) in [5.74, 6) is 0.425. The van der Waals surface area contributed by atoms with Gasteiger partial charge in [0.2, 0.25) is 0 Å². The van der Waals surface area contributed by atoms with E-state index in [1.54, 1.807) is 0 Å². The fourth-order valence-electron chi connectivity index (χ4n) is 3.74. The molecule has 0 unspecified atom stereocenters. The van der Waals surface area contributed by atoms with Gasteiger partial charge < -0.3 is 5.32 Å². The largest absolute Gasteiger partial charge is 0.314 e. The van der Waals surface area contributed by atoms with Crippen LogP contribution in [0.3, 0.4) is 0 Å². The van der Waals surface area contributed by atoms with Gasteiger partial charge in [0.25, 0.3) is 0 Å². The molecule has 2 nitrogen and oxygen atoms in total. The maximum absolute atomic E-state index is 6.20. The maximum Gasteiger partial charge on any atom is 0.0476 e. The molecule has 1 saturated heterocycles. The van der Waals surface area contributed by atoms with Crippen LogP contribution in [0, 0.1) is 0 Å². The van der Waals surface area contributed by atoms with Gasteiger partial charge in [-0.05, 0) is 28.8 Å². The van der Waals surface area contributed by atoms with Crippen LogP contribution in [0.15, 0.2) is 48.5 Å². The van der Waals surface area contributed by atoms with Crippen molar-refractivity contribution in [1.29, 1.82) is 0 Å². The number of fused-ring (bicyclic) bond motifs is 3. The molecule has 1 N–H and O–H groups in total. The smallest absolute Gasteiger partial charge is 0.0476 e. The van der Waals surface area contributed by atoms with Crippen molar-refractivity contribution in [3.63, 3.8) is 0 Å².